The van der Waals surface area contributed by atoms with E-state index in [4.69, 9.17) is 16.3 Å². The molecular formula is C10H15ClOSi. The molecule has 0 radical (unpaired) electrons. The summed E-state index contributed by atoms with van der Waals surface area (Å²) in [5.74, 6) is 0. The van der Waals surface area contributed by atoms with Crippen LogP contribution in [0.3, 0.4) is 0 Å². The van der Waals surface area contributed by atoms with E-state index in [0.29, 0.717) is 0 Å². The van der Waals surface area contributed by atoms with E-state index in [0.717, 1.165) is 11.8 Å². The quantitative estimate of drug-likeness (QED) is 0.553. The fraction of sp³-hybridized carbons (Fsp3) is 0.400. The Morgan fingerprint density at radius 1 is 1.31 bits per heavy atom. The molecule has 0 saturated heterocycles. The lowest BCUT2D eigenvalue weighted by Gasteiger charge is -2.12. The molecular weight excluding hydrogens is 200 g/mol. The minimum absolute atomic E-state index is 0.281. The lowest BCUT2D eigenvalue weighted by atomic mass is 10.2. The van der Waals surface area contributed by atoms with E-state index >= 15 is 0 Å². The molecule has 0 fully saturated rings. The van der Waals surface area contributed by atoms with E-state index in [2.05, 4.69) is 13.1 Å². The standard InChI is InChI=1S/C10H15ClOSi/c1-13(2)8-12-10(11)9-6-4-3-5-7-9/h3-7,10,13H,8H2,1-2H3. The third kappa shape index (κ3) is 3.94. The molecule has 1 rings (SSSR count). The van der Waals surface area contributed by atoms with Crippen molar-refractivity contribution < 1.29 is 4.74 Å². The molecule has 1 unspecified atom stereocenters. The third-order valence-corrected chi connectivity index (χ3v) is 2.87. The fourth-order valence-corrected chi connectivity index (χ4v) is 1.90. The van der Waals surface area contributed by atoms with Gasteiger partial charge >= 0.3 is 0 Å². The lowest BCUT2D eigenvalue weighted by Crippen LogP contribution is -2.12. The summed E-state index contributed by atoms with van der Waals surface area (Å²) in [7, 11) is -0.657. The highest BCUT2D eigenvalue weighted by Gasteiger charge is 2.07. The Hall–Kier alpha value is -0.313. The number of hydrogen-bond acceptors (Lipinski definition) is 1. The van der Waals surface area contributed by atoms with Gasteiger partial charge in [-0.25, -0.2) is 0 Å². The molecule has 0 saturated carbocycles. The molecule has 0 aliphatic carbocycles. The highest BCUT2D eigenvalue weighted by Crippen LogP contribution is 2.20. The summed E-state index contributed by atoms with van der Waals surface area (Å²) in [5.41, 5.74) is 0.759. The molecule has 0 spiro atoms. The van der Waals surface area contributed by atoms with E-state index in [9.17, 15) is 0 Å². The van der Waals surface area contributed by atoms with Crippen molar-refractivity contribution in [3.05, 3.63) is 35.9 Å². The predicted molar refractivity (Wildman–Crippen MR) is 59.9 cm³/mol. The van der Waals surface area contributed by atoms with Crippen LogP contribution in [0.15, 0.2) is 30.3 Å². The van der Waals surface area contributed by atoms with Crippen molar-refractivity contribution in [1.82, 2.24) is 0 Å². The molecule has 0 bridgehead atoms. The molecule has 0 N–H and O–H groups in total. The van der Waals surface area contributed by atoms with Crippen LogP contribution in [0.5, 0.6) is 0 Å². The number of rotatable bonds is 4. The summed E-state index contributed by atoms with van der Waals surface area (Å²) in [6.07, 6.45) is 0.836. The van der Waals surface area contributed by atoms with Gasteiger partial charge in [0, 0.05) is 6.23 Å². The van der Waals surface area contributed by atoms with Crippen molar-refractivity contribution in [3.63, 3.8) is 0 Å². The van der Waals surface area contributed by atoms with Crippen molar-refractivity contribution in [2.75, 3.05) is 6.23 Å². The van der Waals surface area contributed by atoms with Gasteiger partial charge in [0.15, 0.2) is 5.56 Å². The van der Waals surface area contributed by atoms with E-state index in [-0.39, 0.29) is 5.56 Å². The van der Waals surface area contributed by atoms with Crippen LogP contribution in [0, 0.1) is 0 Å². The molecule has 0 aliphatic heterocycles. The lowest BCUT2D eigenvalue weighted by molar-refractivity contribution is 0.147. The molecule has 1 aromatic rings. The van der Waals surface area contributed by atoms with Crippen LogP contribution >= 0.6 is 11.6 Å². The monoisotopic (exact) mass is 214 g/mol. The van der Waals surface area contributed by atoms with Gasteiger partial charge in [-0.2, -0.15) is 0 Å². The SMILES string of the molecule is C[SiH](C)COC(Cl)c1ccccc1. The molecule has 0 aromatic heterocycles. The van der Waals surface area contributed by atoms with Crippen molar-refractivity contribution in [3.8, 4) is 0 Å². The first-order valence-electron chi connectivity index (χ1n) is 4.50. The minimum Gasteiger partial charge on any atom is -0.362 e. The van der Waals surface area contributed by atoms with E-state index in [1.807, 2.05) is 30.3 Å². The summed E-state index contributed by atoms with van der Waals surface area (Å²) >= 11 is 6.05. The zero-order valence-electron chi connectivity index (χ0n) is 8.03. The molecule has 72 valence electrons. The van der Waals surface area contributed by atoms with Gasteiger partial charge in [-0.3, -0.25) is 0 Å². The highest BCUT2D eigenvalue weighted by atomic mass is 35.5. The average molecular weight is 215 g/mol. The first kappa shape index (κ1) is 10.8. The Balaban J connectivity index is 2.44. The number of alkyl halides is 1. The number of ether oxygens (including phenoxy) is 1. The highest BCUT2D eigenvalue weighted by molar-refractivity contribution is 6.55. The van der Waals surface area contributed by atoms with Gasteiger partial charge in [-0.1, -0.05) is 55.0 Å². The Kier molecular flexibility index (Phi) is 4.49. The molecule has 0 amide bonds. The van der Waals surface area contributed by atoms with E-state index in [1.54, 1.807) is 0 Å². The van der Waals surface area contributed by atoms with Crippen LogP contribution in [-0.4, -0.2) is 15.0 Å². The topological polar surface area (TPSA) is 9.23 Å². The number of hydrogen-bond donors (Lipinski definition) is 0. The van der Waals surface area contributed by atoms with Gasteiger partial charge in [0.2, 0.25) is 0 Å². The second kappa shape index (κ2) is 5.42. The number of benzene rings is 1. The molecule has 1 aromatic carbocycles. The second-order valence-electron chi connectivity index (χ2n) is 3.45. The van der Waals surface area contributed by atoms with Crippen LogP contribution in [0.1, 0.15) is 11.1 Å². The Morgan fingerprint density at radius 2 is 1.92 bits per heavy atom. The third-order valence-electron chi connectivity index (χ3n) is 1.64. The Morgan fingerprint density at radius 3 is 2.46 bits per heavy atom. The van der Waals surface area contributed by atoms with Crippen LogP contribution in [0.2, 0.25) is 13.1 Å². The number of halogens is 1. The summed E-state index contributed by atoms with van der Waals surface area (Å²) in [6.45, 7) is 4.49. The average Bonchev–Trinajstić information content (AvgIpc) is 2.15. The Bertz CT molecular complexity index is 238. The summed E-state index contributed by atoms with van der Waals surface area (Å²) < 4.78 is 5.52. The van der Waals surface area contributed by atoms with Gasteiger partial charge in [-0.05, 0) is 5.56 Å². The van der Waals surface area contributed by atoms with Crippen LogP contribution in [0.25, 0.3) is 0 Å². The molecule has 1 atom stereocenters. The molecule has 0 heterocycles. The zero-order chi connectivity index (χ0) is 9.68. The second-order valence-corrected chi connectivity index (χ2v) is 6.97. The summed E-state index contributed by atoms with van der Waals surface area (Å²) in [6, 6.07) is 9.89. The normalized spacial score (nSPS) is 13.2. The van der Waals surface area contributed by atoms with Gasteiger partial charge in [0.25, 0.3) is 0 Å². The molecule has 0 aliphatic rings. The van der Waals surface area contributed by atoms with Gasteiger partial charge in [-0.15, -0.1) is 0 Å². The maximum Gasteiger partial charge on any atom is 0.156 e. The smallest absolute Gasteiger partial charge is 0.156 e. The van der Waals surface area contributed by atoms with Crippen molar-refractivity contribution in [1.29, 1.82) is 0 Å². The summed E-state index contributed by atoms with van der Waals surface area (Å²) in [4.78, 5) is 0. The van der Waals surface area contributed by atoms with Crippen molar-refractivity contribution >= 4 is 20.4 Å². The minimum atomic E-state index is -0.657. The fourth-order valence-electron chi connectivity index (χ4n) is 0.978. The maximum atomic E-state index is 6.05. The first-order chi connectivity index (χ1) is 6.20. The van der Waals surface area contributed by atoms with E-state index in [1.165, 1.54) is 0 Å². The molecule has 3 heteroatoms. The predicted octanol–water partition coefficient (Wildman–Crippen LogP) is 2.97. The molecule has 13 heavy (non-hydrogen) atoms. The summed E-state index contributed by atoms with van der Waals surface area (Å²) in [5, 5.41) is 0. The van der Waals surface area contributed by atoms with Crippen LogP contribution < -0.4 is 0 Å². The van der Waals surface area contributed by atoms with Crippen LogP contribution in [-0.2, 0) is 4.74 Å². The van der Waals surface area contributed by atoms with Gasteiger partial charge in [0.1, 0.15) is 0 Å². The van der Waals surface area contributed by atoms with Crippen LogP contribution in [0.4, 0.5) is 0 Å². The Labute approximate surface area is 86.3 Å². The van der Waals surface area contributed by atoms with E-state index < -0.39 is 8.80 Å². The van der Waals surface area contributed by atoms with Crippen molar-refractivity contribution in [2.45, 2.75) is 18.7 Å². The first-order valence-corrected chi connectivity index (χ1v) is 8.07. The van der Waals surface area contributed by atoms with Gasteiger partial charge < -0.3 is 4.74 Å². The largest absolute Gasteiger partial charge is 0.362 e. The van der Waals surface area contributed by atoms with Crippen molar-refractivity contribution in [2.24, 2.45) is 0 Å². The maximum absolute atomic E-state index is 6.05. The zero-order valence-corrected chi connectivity index (χ0v) is 9.95. The molecule has 1 nitrogen and oxygen atoms in total. The van der Waals surface area contributed by atoms with Gasteiger partial charge in [0.05, 0.1) is 8.80 Å².